The maximum absolute atomic E-state index is 4.41. The molecule has 0 saturated carbocycles. The second kappa shape index (κ2) is 4.58. The quantitative estimate of drug-likeness (QED) is 0.738. The van der Waals surface area contributed by atoms with Gasteiger partial charge in [-0.1, -0.05) is 5.21 Å². The van der Waals surface area contributed by atoms with Crippen LogP contribution in [0.15, 0.2) is 17.0 Å². The molecule has 3 rings (SSSR count). The van der Waals surface area contributed by atoms with Gasteiger partial charge < -0.3 is 0 Å². The van der Waals surface area contributed by atoms with Crippen molar-refractivity contribution in [2.45, 2.75) is 20.4 Å². The van der Waals surface area contributed by atoms with E-state index in [1.54, 1.807) is 27.4 Å². The number of aryl methyl sites for hydroxylation is 2. The summed E-state index contributed by atoms with van der Waals surface area (Å²) in [6.45, 7) is 4.64. The zero-order valence-corrected chi connectivity index (χ0v) is 11.6. The summed E-state index contributed by atoms with van der Waals surface area (Å²) in [4.78, 5) is 8.80. The third-order valence-electron chi connectivity index (χ3n) is 2.38. The summed E-state index contributed by atoms with van der Waals surface area (Å²) in [5, 5.41) is 14.4. The number of hydrogen-bond donors (Lipinski definition) is 0. The van der Waals surface area contributed by atoms with Crippen molar-refractivity contribution >= 4 is 22.7 Å². The van der Waals surface area contributed by atoms with Crippen LogP contribution in [0.3, 0.4) is 0 Å². The number of hydrogen-bond acceptors (Lipinski definition) is 6. The van der Waals surface area contributed by atoms with Crippen LogP contribution in [-0.4, -0.2) is 25.0 Å². The van der Waals surface area contributed by atoms with Crippen molar-refractivity contribution in [1.29, 1.82) is 0 Å². The molecule has 0 aliphatic heterocycles. The van der Waals surface area contributed by atoms with Crippen molar-refractivity contribution in [2.24, 2.45) is 0 Å². The van der Waals surface area contributed by atoms with E-state index in [-0.39, 0.29) is 0 Å². The molecule has 3 heterocycles. The fraction of sp³-hybridized carbons (Fsp3) is 0.273. The Hall–Kier alpha value is -1.60. The normalized spacial score (nSPS) is 11.0. The van der Waals surface area contributed by atoms with E-state index in [1.807, 2.05) is 30.8 Å². The zero-order valence-electron chi connectivity index (χ0n) is 9.99. The molecule has 0 aliphatic carbocycles. The summed E-state index contributed by atoms with van der Waals surface area (Å²) in [6, 6.07) is 0. The third kappa shape index (κ3) is 2.32. The number of rotatable bonds is 3. The standard InChI is InChI=1S/C11H11N5S2/c1-7-5-18-11(12-7)4-16-3-9(14-15-16)10-6-17-8(2)13-10/h3,5-6H,4H2,1-2H3. The minimum Gasteiger partial charge on any atom is -0.245 e. The summed E-state index contributed by atoms with van der Waals surface area (Å²) in [5.74, 6) is 0. The highest BCUT2D eigenvalue weighted by Crippen LogP contribution is 2.19. The van der Waals surface area contributed by atoms with Gasteiger partial charge in [0.25, 0.3) is 0 Å². The molecule has 0 unspecified atom stereocenters. The molecule has 3 aromatic rings. The Labute approximate surface area is 112 Å². The van der Waals surface area contributed by atoms with E-state index in [2.05, 4.69) is 20.3 Å². The van der Waals surface area contributed by atoms with Gasteiger partial charge >= 0.3 is 0 Å². The van der Waals surface area contributed by atoms with Gasteiger partial charge in [0.15, 0.2) is 0 Å². The van der Waals surface area contributed by atoms with Crippen LogP contribution in [0.25, 0.3) is 11.4 Å². The average Bonchev–Trinajstić information content (AvgIpc) is 3.01. The maximum Gasteiger partial charge on any atom is 0.132 e. The molecule has 0 radical (unpaired) electrons. The molecule has 0 spiro atoms. The van der Waals surface area contributed by atoms with Crippen LogP contribution >= 0.6 is 22.7 Å². The first-order chi connectivity index (χ1) is 8.70. The predicted molar refractivity (Wildman–Crippen MR) is 71.8 cm³/mol. The monoisotopic (exact) mass is 277 g/mol. The van der Waals surface area contributed by atoms with Crippen molar-refractivity contribution in [3.8, 4) is 11.4 Å². The molecule has 0 saturated heterocycles. The second-order valence-corrected chi connectivity index (χ2v) is 5.94. The molecule has 0 bridgehead atoms. The van der Waals surface area contributed by atoms with Gasteiger partial charge in [0.2, 0.25) is 0 Å². The topological polar surface area (TPSA) is 56.5 Å². The molecule has 0 N–H and O–H groups in total. The summed E-state index contributed by atoms with van der Waals surface area (Å²) < 4.78 is 1.79. The number of thiazole rings is 2. The molecule has 0 atom stereocenters. The average molecular weight is 277 g/mol. The molecule has 0 fully saturated rings. The van der Waals surface area contributed by atoms with Crippen LogP contribution in [-0.2, 0) is 6.54 Å². The first kappa shape index (κ1) is 11.5. The SMILES string of the molecule is Cc1csc(Cn2cc(-c3csc(C)n3)nn2)n1. The summed E-state index contributed by atoms with van der Waals surface area (Å²) in [5.41, 5.74) is 2.75. The Morgan fingerprint density at radius 3 is 2.67 bits per heavy atom. The lowest BCUT2D eigenvalue weighted by Crippen LogP contribution is -1.99. The zero-order chi connectivity index (χ0) is 12.5. The fourth-order valence-corrected chi connectivity index (χ4v) is 2.96. The van der Waals surface area contributed by atoms with Crippen molar-refractivity contribution < 1.29 is 0 Å². The minimum atomic E-state index is 0.661. The van der Waals surface area contributed by atoms with E-state index in [4.69, 9.17) is 0 Å². The van der Waals surface area contributed by atoms with E-state index < -0.39 is 0 Å². The Morgan fingerprint density at radius 1 is 1.11 bits per heavy atom. The van der Waals surface area contributed by atoms with Crippen molar-refractivity contribution in [2.75, 3.05) is 0 Å². The highest BCUT2D eigenvalue weighted by Gasteiger charge is 2.08. The lowest BCUT2D eigenvalue weighted by Gasteiger charge is -1.93. The molecular formula is C11H11N5S2. The van der Waals surface area contributed by atoms with Crippen molar-refractivity contribution in [3.63, 3.8) is 0 Å². The summed E-state index contributed by atoms with van der Waals surface area (Å²) in [6.07, 6.45) is 1.91. The van der Waals surface area contributed by atoms with E-state index in [9.17, 15) is 0 Å². The molecule has 92 valence electrons. The minimum absolute atomic E-state index is 0.661. The van der Waals surface area contributed by atoms with Crippen molar-refractivity contribution in [3.05, 3.63) is 32.7 Å². The fourth-order valence-electron chi connectivity index (χ4n) is 1.59. The van der Waals surface area contributed by atoms with Crippen LogP contribution in [0.4, 0.5) is 0 Å². The molecule has 7 heteroatoms. The van der Waals surface area contributed by atoms with E-state index >= 15 is 0 Å². The molecule has 5 nitrogen and oxygen atoms in total. The summed E-state index contributed by atoms with van der Waals surface area (Å²) in [7, 11) is 0. The van der Waals surface area contributed by atoms with Gasteiger partial charge in [0.1, 0.15) is 16.4 Å². The van der Waals surface area contributed by atoms with Gasteiger partial charge in [-0.05, 0) is 13.8 Å². The van der Waals surface area contributed by atoms with Crippen LogP contribution < -0.4 is 0 Å². The van der Waals surface area contributed by atoms with Gasteiger partial charge in [-0.15, -0.1) is 27.8 Å². The number of nitrogens with zero attached hydrogens (tertiary/aromatic N) is 5. The van der Waals surface area contributed by atoms with Gasteiger partial charge in [0, 0.05) is 16.5 Å². The first-order valence-electron chi connectivity index (χ1n) is 5.44. The van der Waals surface area contributed by atoms with Gasteiger partial charge in [0.05, 0.1) is 17.7 Å². The van der Waals surface area contributed by atoms with E-state index in [0.717, 1.165) is 27.1 Å². The molecule has 0 aromatic carbocycles. The van der Waals surface area contributed by atoms with E-state index in [1.165, 1.54) is 0 Å². The molecule has 3 aromatic heterocycles. The highest BCUT2D eigenvalue weighted by atomic mass is 32.1. The highest BCUT2D eigenvalue weighted by molar-refractivity contribution is 7.10. The lowest BCUT2D eigenvalue weighted by molar-refractivity contribution is 0.646. The maximum atomic E-state index is 4.41. The Kier molecular flexibility index (Phi) is 2.92. The smallest absolute Gasteiger partial charge is 0.132 e. The first-order valence-corrected chi connectivity index (χ1v) is 7.20. The third-order valence-corrected chi connectivity index (χ3v) is 4.11. The predicted octanol–water partition coefficient (Wildman–Crippen LogP) is 2.52. The van der Waals surface area contributed by atoms with Crippen molar-refractivity contribution in [1.82, 2.24) is 25.0 Å². The second-order valence-electron chi connectivity index (χ2n) is 3.94. The van der Waals surface area contributed by atoms with Gasteiger partial charge in [-0.3, -0.25) is 0 Å². The molecular weight excluding hydrogens is 266 g/mol. The van der Waals surface area contributed by atoms with Crippen LogP contribution in [0.1, 0.15) is 15.7 Å². The summed E-state index contributed by atoms with van der Waals surface area (Å²) >= 11 is 3.26. The Bertz CT molecular complexity index is 666. The van der Waals surface area contributed by atoms with Gasteiger partial charge in [-0.25, -0.2) is 14.6 Å². The largest absolute Gasteiger partial charge is 0.245 e. The molecule has 0 amide bonds. The molecule has 18 heavy (non-hydrogen) atoms. The Morgan fingerprint density at radius 2 is 2.00 bits per heavy atom. The lowest BCUT2D eigenvalue weighted by atomic mass is 10.4. The number of aromatic nitrogens is 5. The van der Waals surface area contributed by atoms with Crippen LogP contribution in [0, 0.1) is 13.8 Å². The van der Waals surface area contributed by atoms with E-state index in [0.29, 0.717) is 6.54 Å². The van der Waals surface area contributed by atoms with Crippen LogP contribution in [0.2, 0.25) is 0 Å². The van der Waals surface area contributed by atoms with Gasteiger partial charge in [-0.2, -0.15) is 0 Å². The molecule has 0 aliphatic rings. The van der Waals surface area contributed by atoms with Crippen LogP contribution in [0.5, 0.6) is 0 Å². The Balaban J connectivity index is 1.81.